The second-order valence-corrected chi connectivity index (χ2v) is 6.86. The van der Waals surface area contributed by atoms with Gasteiger partial charge in [0.2, 0.25) is 0 Å². The Morgan fingerprint density at radius 3 is 2.34 bits per heavy atom. The highest BCUT2D eigenvalue weighted by Crippen LogP contribution is 2.29. The summed E-state index contributed by atoms with van der Waals surface area (Å²) in [5.74, 6) is -0.122. The molecule has 1 aliphatic heterocycles. The van der Waals surface area contributed by atoms with Crippen LogP contribution in [0.4, 0.5) is 0 Å². The Hall–Kier alpha value is -3.13. The summed E-state index contributed by atoms with van der Waals surface area (Å²) in [6.45, 7) is 3.15. The molecule has 4 rings (SSSR count). The lowest BCUT2D eigenvalue weighted by molar-refractivity contribution is 0.0735. The van der Waals surface area contributed by atoms with Crippen molar-refractivity contribution < 1.29 is 14.3 Å². The van der Waals surface area contributed by atoms with Gasteiger partial charge in [0.15, 0.2) is 0 Å². The second-order valence-electron chi connectivity index (χ2n) is 6.45. The van der Waals surface area contributed by atoms with E-state index in [2.05, 4.69) is 6.92 Å². The Balaban J connectivity index is 0.000000419. The topological polar surface area (TPSA) is 62.6 Å². The predicted molar refractivity (Wildman–Crippen MR) is 113 cm³/mol. The van der Waals surface area contributed by atoms with Gasteiger partial charge in [0.25, 0.3) is 0 Å². The van der Waals surface area contributed by atoms with Crippen molar-refractivity contribution in [1.82, 2.24) is 0 Å². The Kier molecular flexibility index (Phi) is 7.02. The fraction of sp³-hybridized carbons (Fsp3) is 0.167. The number of rotatable bonds is 4. The van der Waals surface area contributed by atoms with Crippen LogP contribution >= 0.6 is 11.6 Å². The van der Waals surface area contributed by atoms with Gasteiger partial charge in [-0.15, -0.1) is 0 Å². The third-order valence-electron chi connectivity index (χ3n) is 4.34. The lowest BCUT2D eigenvalue weighted by Gasteiger charge is -2.08. The molecule has 0 saturated carbocycles. The highest BCUT2D eigenvalue weighted by molar-refractivity contribution is 6.33. The number of epoxide rings is 1. The van der Waals surface area contributed by atoms with E-state index in [0.29, 0.717) is 28.0 Å². The van der Waals surface area contributed by atoms with Crippen molar-refractivity contribution in [1.29, 1.82) is 5.26 Å². The number of esters is 1. The molecule has 0 aromatic heterocycles. The molecule has 3 aromatic rings. The molecular weight excluding hydrogens is 386 g/mol. The summed E-state index contributed by atoms with van der Waals surface area (Å²) in [7, 11) is 0. The number of hydrogen-bond donors (Lipinski definition) is 0. The van der Waals surface area contributed by atoms with Gasteiger partial charge in [-0.05, 0) is 48.4 Å². The maximum atomic E-state index is 12.2. The molecule has 146 valence electrons. The van der Waals surface area contributed by atoms with E-state index in [9.17, 15) is 4.79 Å². The van der Waals surface area contributed by atoms with Gasteiger partial charge in [-0.25, -0.2) is 4.79 Å². The zero-order valence-corrected chi connectivity index (χ0v) is 16.7. The van der Waals surface area contributed by atoms with E-state index in [-0.39, 0.29) is 0 Å². The molecule has 0 spiro atoms. The lowest BCUT2D eigenvalue weighted by Crippen LogP contribution is -2.08. The molecule has 0 radical (unpaired) electrons. The summed E-state index contributed by atoms with van der Waals surface area (Å²) in [6.07, 6.45) is 1.83. The summed E-state index contributed by atoms with van der Waals surface area (Å²) in [4.78, 5) is 12.2. The molecule has 0 amide bonds. The highest BCUT2D eigenvalue weighted by Gasteiger charge is 2.18. The number of carbonyl (C=O) groups excluding carboxylic acids is 1. The molecule has 1 atom stereocenters. The zero-order valence-electron chi connectivity index (χ0n) is 16.0. The predicted octanol–water partition coefficient (Wildman–Crippen LogP) is 5.89. The molecule has 0 aliphatic carbocycles. The van der Waals surface area contributed by atoms with Gasteiger partial charge in [0.1, 0.15) is 5.75 Å². The van der Waals surface area contributed by atoms with Crippen molar-refractivity contribution >= 4 is 17.6 Å². The monoisotopic (exact) mass is 405 g/mol. The van der Waals surface area contributed by atoms with E-state index < -0.39 is 5.97 Å². The van der Waals surface area contributed by atoms with Gasteiger partial charge in [0, 0.05) is 10.6 Å². The molecule has 1 fully saturated rings. The SMILES string of the molecule is CCC1CO1.N#Cc1ccc(OC(=O)c2ccc(-c3ccccc3)c(Cl)c2)cc1. The summed E-state index contributed by atoms with van der Waals surface area (Å²) in [5.41, 5.74) is 2.70. The van der Waals surface area contributed by atoms with Crippen molar-refractivity contribution in [2.24, 2.45) is 0 Å². The average molecular weight is 406 g/mol. The first kappa shape index (κ1) is 20.6. The van der Waals surface area contributed by atoms with E-state index in [1.165, 1.54) is 6.42 Å². The van der Waals surface area contributed by atoms with Crippen LogP contribution in [-0.2, 0) is 4.74 Å². The molecule has 29 heavy (non-hydrogen) atoms. The fourth-order valence-electron chi connectivity index (χ4n) is 2.56. The van der Waals surface area contributed by atoms with E-state index in [0.717, 1.165) is 17.7 Å². The number of hydrogen-bond acceptors (Lipinski definition) is 4. The van der Waals surface area contributed by atoms with Crippen molar-refractivity contribution in [3.05, 3.63) is 88.9 Å². The first-order chi connectivity index (χ1) is 14.1. The van der Waals surface area contributed by atoms with Gasteiger partial charge in [0.05, 0.1) is 29.9 Å². The first-order valence-electron chi connectivity index (χ1n) is 9.29. The van der Waals surface area contributed by atoms with Crippen molar-refractivity contribution in [2.75, 3.05) is 6.61 Å². The summed E-state index contributed by atoms with van der Waals surface area (Å²) in [5, 5.41) is 9.25. The molecule has 1 heterocycles. The summed E-state index contributed by atoms with van der Waals surface area (Å²) in [6, 6.07) is 23.1. The van der Waals surface area contributed by atoms with Crippen LogP contribution in [0.15, 0.2) is 72.8 Å². The van der Waals surface area contributed by atoms with Crippen molar-refractivity contribution in [2.45, 2.75) is 19.4 Å². The Bertz CT molecular complexity index is 1010. The van der Waals surface area contributed by atoms with Crippen LogP contribution in [0.25, 0.3) is 11.1 Å². The second kappa shape index (κ2) is 9.88. The van der Waals surface area contributed by atoms with Gasteiger partial charge in [-0.1, -0.05) is 54.9 Å². The zero-order chi connectivity index (χ0) is 20.6. The molecular formula is C24H20ClNO3. The summed E-state index contributed by atoms with van der Waals surface area (Å²) < 4.78 is 10.2. The smallest absolute Gasteiger partial charge is 0.343 e. The van der Waals surface area contributed by atoms with Crippen LogP contribution in [-0.4, -0.2) is 18.7 Å². The summed E-state index contributed by atoms with van der Waals surface area (Å²) >= 11 is 6.31. The van der Waals surface area contributed by atoms with E-state index in [4.69, 9.17) is 26.3 Å². The van der Waals surface area contributed by atoms with E-state index in [1.807, 2.05) is 36.4 Å². The minimum atomic E-state index is -0.499. The van der Waals surface area contributed by atoms with Crippen molar-refractivity contribution in [3.63, 3.8) is 0 Å². The molecule has 0 bridgehead atoms. The van der Waals surface area contributed by atoms with Gasteiger partial charge in [-0.3, -0.25) is 0 Å². The average Bonchev–Trinajstić information content (AvgIpc) is 3.60. The van der Waals surface area contributed by atoms with Gasteiger partial charge in [-0.2, -0.15) is 5.26 Å². The van der Waals surface area contributed by atoms with E-state index in [1.54, 1.807) is 42.5 Å². The van der Waals surface area contributed by atoms with Crippen LogP contribution in [0.5, 0.6) is 5.75 Å². The molecule has 1 saturated heterocycles. The lowest BCUT2D eigenvalue weighted by atomic mass is 10.0. The number of ether oxygens (including phenoxy) is 2. The van der Waals surface area contributed by atoms with Crippen molar-refractivity contribution in [3.8, 4) is 22.9 Å². The van der Waals surface area contributed by atoms with Crippen LogP contribution in [0, 0.1) is 11.3 Å². The minimum absolute atomic E-state index is 0.365. The van der Waals surface area contributed by atoms with Gasteiger partial charge < -0.3 is 9.47 Å². The van der Waals surface area contributed by atoms with Gasteiger partial charge >= 0.3 is 5.97 Å². The Labute approximate surface area is 175 Å². The molecule has 5 heteroatoms. The third-order valence-corrected chi connectivity index (χ3v) is 4.65. The van der Waals surface area contributed by atoms with Crippen LogP contribution in [0.1, 0.15) is 29.3 Å². The quantitative estimate of drug-likeness (QED) is 0.308. The molecule has 4 nitrogen and oxygen atoms in total. The molecule has 3 aromatic carbocycles. The van der Waals surface area contributed by atoms with E-state index >= 15 is 0 Å². The largest absolute Gasteiger partial charge is 0.423 e. The first-order valence-corrected chi connectivity index (χ1v) is 9.67. The molecule has 1 unspecified atom stereocenters. The van der Waals surface area contributed by atoms with Crippen LogP contribution < -0.4 is 4.74 Å². The Morgan fingerprint density at radius 1 is 1.14 bits per heavy atom. The maximum Gasteiger partial charge on any atom is 0.343 e. The molecule has 0 N–H and O–H groups in total. The number of benzene rings is 3. The number of nitrogens with zero attached hydrogens (tertiary/aromatic N) is 1. The van der Waals surface area contributed by atoms with Crippen LogP contribution in [0.2, 0.25) is 5.02 Å². The normalized spacial score (nSPS) is 14.2. The fourth-order valence-corrected chi connectivity index (χ4v) is 2.85. The number of carbonyl (C=O) groups is 1. The minimum Gasteiger partial charge on any atom is -0.423 e. The molecule has 1 aliphatic rings. The maximum absolute atomic E-state index is 12.2. The third kappa shape index (κ3) is 5.92. The standard InChI is InChI=1S/C20H12ClNO2.C4H8O/c21-19-12-16(8-11-18(19)15-4-2-1-3-5-15)20(23)24-17-9-6-14(13-22)7-10-17;1-2-4-3-5-4/h1-12H;4H,2-3H2,1H3. The Morgan fingerprint density at radius 2 is 1.83 bits per heavy atom. The van der Waals surface area contributed by atoms with Crippen LogP contribution in [0.3, 0.4) is 0 Å². The number of nitriles is 1. The highest BCUT2D eigenvalue weighted by atomic mass is 35.5. The number of halogens is 1.